The van der Waals surface area contributed by atoms with Gasteiger partial charge < -0.3 is 0 Å². The van der Waals surface area contributed by atoms with Crippen LogP contribution in [-0.4, -0.2) is 6.29 Å². The second-order valence-corrected chi connectivity index (χ2v) is 36.1. The van der Waals surface area contributed by atoms with Crippen molar-refractivity contribution in [3.05, 3.63) is 206 Å². The van der Waals surface area contributed by atoms with Crippen LogP contribution in [0.5, 0.6) is 0 Å². The Morgan fingerprint density at radius 1 is 0.287 bits per heavy atom. The summed E-state index contributed by atoms with van der Waals surface area (Å²) in [6, 6.07) is 51.4. The van der Waals surface area contributed by atoms with E-state index in [4.69, 9.17) is 0 Å². The maximum Gasteiger partial charge on any atom is 0.160 e. The molecule has 0 saturated carbocycles. The predicted octanol–water partition coefficient (Wildman–Crippen LogP) is 32.0. The molecule has 0 amide bonds. The summed E-state index contributed by atoms with van der Waals surface area (Å²) in [6.45, 7) is 14.5. The average molecular weight is 1450 g/mol. The number of aldehydes is 1. The highest BCUT2D eigenvalue weighted by atomic mass is 32.1. The quantitative estimate of drug-likeness (QED) is 0.0276. The summed E-state index contributed by atoms with van der Waals surface area (Å²) in [7, 11) is 0. The maximum absolute atomic E-state index is 11.7. The Hall–Kier alpha value is -6.03. The number of benzene rings is 4. The minimum atomic E-state index is -0.204. The van der Waals surface area contributed by atoms with Gasteiger partial charge in [0.15, 0.2) is 6.29 Å². The Morgan fingerprint density at radius 3 is 0.832 bits per heavy atom. The first-order chi connectivity index (χ1) is 49.7. The van der Waals surface area contributed by atoms with E-state index in [1.807, 2.05) is 62.8 Å². The van der Waals surface area contributed by atoms with Crippen LogP contribution in [0, 0.1) is 0 Å². The number of unbranched alkanes of at least 4 members (excludes halogenated alkanes) is 18. The third-order valence-electron chi connectivity index (χ3n) is 22.9. The zero-order chi connectivity index (χ0) is 69.6. The molecule has 526 valence electrons. The van der Waals surface area contributed by atoms with Gasteiger partial charge in [-0.2, -0.15) is 0 Å². The fourth-order valence-corrected chi connectivity index (χ4v) is 22.7. The number of carbonyl (C=O) groups excluding carboxylic acids is 1. The van der Waals surface area contributed by atoms with Gasteiger partial charge in [-0.25, -0.2) is 0 Å². The third-order valence-corrected chi connectivity index (χ3v) is 28.9. The first-order valence-electron chi connectivity index (χ1n) is 39.4. The maximum atomic E-state index is 11.7. The second kappa shape index (κ2) is 34.7. The molecule has 4 aromatic carbocycles. The lowest BCUT2D eigenvalue weighted by Gasteiger charge is -2.40. The van der Waals surface area contributed by atoms with Gasteiger partial charge in [0.25, 0.3) is 0 Å². The van der Waals surface area contributed by atoms with Crippen molar-refractivity contribution in [3.8, 4) is 64.7 Å². The third kappa shape index (κ3) is 15.6. The van der Waals surface area contributed by atoms with Gasteiger partial charge in [-0.1, -0.05) is 244 Å². The van der Waals surface area contributed by atoms with Crippen molar-refractivity contribution in [2.24, 2.45) is 0 Å². The first kappa shape index (κ1) is 73.3. The van der Waals surface area contributed by atoms with Gasteiger partial charge in [0.2, 0.25) is 0 Å². The molecular formula is C94H108OS6. The SMILES string of the molecule is CCCCCCC1(CCCCCC)c2cc(-c3ccc(/C=C/c4cccs4)s3)ccc2-c2c1c1c(c3c2C(CCCCCC)(CCCCCC)c2cc(-c4ccc(/C=C/c5ccc(C=O)s5)s4)ccc2-3)C(CCCCCC)(CCCCCC)c2cc(-c3ccc(/C=C/c4cccs4)s3)ccc2-1. The molecule has 0 unspecified atom stereocenters. The van der Waals surface area contributed by atoms with E-state index in [1.54, 1.807) is 72.5 Å². The van der Waals surface area contributed by atoms with E-state index >= 15 is 0 Å². The van der Waals surface area contributed by atoms with E-state index in [-0.39, 0.29) is 16.2 Å². The van der Waals surface area contributed by atoms with E-state index in [2.05, 4.69) is 210 Å². The molecule has 0 aliphatic heterocycles. The van der Waals surface area contributed by atoms with Crippen molar-refractivity contribution in [3.63, 3.8) is 0 Å². The molecule has 0 bridgehead atoms. The van der Waals surface area contributed by atoms with Crippen molar-refractivity contribution in [2.45, 2.75) is 250 Å². The topological polar surface area (TPSA) is 17.1 Å². The van der Waals surface area contributed by atoms with Gasteiger partial charge in [0.1, 0.15) is 0 Å². The van der Waals surface area contributed by atoms with Gasteiger partial charge in [0.05, 0.1) is 4.88 Å². The Kier molecular flexibility index (Phi) is 25.2. The lowest BCUT2D eigenvalue weighted by atomic mass is 9.63. The van der Waals surface area contributed by atoms with Crippen LogP contribution in [0.15, 0.2) is 138 Å². The molecule has 3 aliphatic carbocycles. The number of hydrogen-bond acceptors (Lipinski definition) is 7. The van der Waals surface area contributed by atoms with Gasteiger partial charge in [-0.3, -0.25) is 4.79 Å². The average Bonchev–Trinajstić information content (AvgIpc) is 1.48. The summed E-state index contributed by atoms with van der Waals surface area (Å²) in [5, 5.41) is 4.38. The van der Waals surface area contributed by atoms with Crippen LogP contribution in [0.4, 0.5) is 0 Å². The van der Waals surface area contributed by atoms with E-state index < -0.39 is 0 Å². The summed E-state index contributed by atoms with van der Waals surface area (Å²) in [5.74, 6) is 0. The molecule has 0 saturated heterocycles. The number of carbonyl (C=O) groups is 1. The van der Waals surface area contributed by atoms with E-state index in [9.17, 15) is 4.79 Å². The normalized spacial score (nSPS) is 14.4. The lowest BCUT2D eigenvalue weighted by molar-refractivity contribution is 0.112. The Labute approximate surface area is 631 Å². The molecule has 6 aromatic heterocycles. The predicted molar refractivity (Wildman–Crippen MR) is 453 cm³/mol. The van der Waals surface area contributed by atoms with Gasteiger partial charge in [-0.15, -0.1) is 68.0 Å². The van der Waals surface area contributed by atoms with Crippen molar-refractivity contribution in [1.29, 1.82) is 0 Å². The molecule has 6 heterocycles. The monoisotopic (exact) mass is 1440 g/mol. The van der Waals surface area contributed by atoms with Crippen LogP contribution in [-0.2, 0) is 16.2 Å². The minimum absolute atomic E-state index is 0.191. The van der Waals surface area contributed by atoms with Crippen LogP contribution >= 0.6 is 68.0 Å². The zero-order valence-electron chi connectivity index (χ0n) is 61.4. The summed E-state index contributed by atoms with van der Waals surface area (Å²) in [4.78, 5) is 24.2. The highest BCUT2D eigenvalue weighted by Gasteiger charge is 2.58. The largest absolute Gasteiger partial charge is 0.297 e. The van der Waals surface area contributed by atoms with Crippen molar-refractivity contribution in [2.75, 3.05) is 0 Å². The molecular weight excluding hydrogens is 1340 g/mol. The number of fused-ring (bicyclic) bond motifs is 12. The summed E-state index contributed by atoms with van der Waals surface area (Å²) in [6.07, 6.45) is 51.7. The molecule has 0 N–H and O–H groups in total. The zero-order valence-corrected chi connectivity index (χ0v) is 66.3. The Bertz CT molecular complexity index is 4320. The van der Waals surface area contributed by atoms with E-state index in [0.717, 1.165) is 16.0 Å². The first-order valence-corrected chi connectivity index (χ1v) is 44.4. The summed E-state index contributed by atoms with van der Waals surface area (Å²) < 4.78 is 0. The van der Waals surface area contributed by atoms with Gasteiger partial charge >= 0.3 is 0 Å². The van der Waals surface area contributed by atoms with E-state index in [0.29, 0.717) is 0 Å². The molecule has 10 aromatic rings. The second-order valence-electron chi connectivity index (χ2n) is 29.6. The molecule has 101 heavy (non-hydrogen) atoms. The molecule has 0 fully saturated rings. The standard InChI is InChI=1S/C94H108OS6/c1-7-13-19-25-55-92(56-26-20-14-8-2)81-64-68(84-53-47-74(100-84)41-39-71-34-32-62-97-71)36-50-78(81)87-89(92)86-77-49-35-67(83-52-46-73(99-83)40-38-70-33-31-61-96-70)63-80(77)93(57-27-21-15-9-3,58-28-22-16-10-4)90(86)88-79-51-37-69(85-54-48-75(101-85)43-42-72-44-45-76(66-95)98-72)65-82(79)94(91(87)88,59-29-23-17-11-5)60-30-24-18-12-6/h31-54,61-66H,7-30,55-60H2,1-6H3/b40-38+,41-39+,43-42+. The highest BCUT2D eigenvalue weighted by Crippen LogP contribution is 2.72. The van der Waals surface area contributed by atoms with Crippen LogP contribution < -0.4 is 0 Å². The molecule has 7 heteroatoms. The van der Waals surface area contributed by atoms with Crippen molar-refractivity contribution >= 4 is 111 Å². The molecule has 0 radical (unpaired) electrons. The number of rotatable bonds is 40. The highest BCUT2D eigenvalue weighted by molar-refractivity contribution is 7.17. The summed E-state index contributed by atoms with van der Waals surface area (Å²) in [5.41, 5.74) is 23.2. The van der Waals surface area contributed by atoms with Crippen LogP contribution in [0.25, 0.3) is 101 Å². The number of hydrogen-bond donors (Lipinski definition) is 0. The Morgan fingerprint density at radius 2 is 0.564 bits per heavy atom. The van der Waals surface area contributed by atoms with Crippen LogP contribution in [0.3, 0.4) is 0 Å². The fourth-order valence-electron chi connectivity index (χ4n) is 18.0. The van der Waals surface area contributed by atoms with Gasteiger partial charge in [0, 0.05) is 60.1 Å². The van der Waals surface area contributed by atoms with Crippen LogP contribution in [0.1, 0.15) is 306 Å². The minimum Gasteiger partial charge on any atom is -0.297 e. The van der Waals surface area contributed by atoms with E-state index in [1.165, 1.54) is 254 Å². The fraction of sp³-hybridized carbons (Fsp3) is 0.415. The van der Waals surface area contributed by atoms with Gasteiger partial charge in [-0.05, 0) is 248 Å². The van der Waals surface area contributed by atoms with Crippen molar-refractivity contribution < 1.29 is 4.79 Å². The molecule has 3 aliphatic rings. The summed E-state index contributed by atoms with van der Waals surface area (Å²) >= 11 is 11.0. The smallest absolute Gasteiger partial charge is 0.160 e. The van der Waals surface area contributed by atoms with Crippen molar-refractivity contribution in [1.82, 2.24) is 0 Å². The van der Waals surface area contributed by atoms with Crippen LogP contribution in [0.2, 0.25) is 0 Å². The molecule has 0 atom stereocenters. The molecule has 1 nitrogen and oxygen atoms in total. The Balaban J connectivity index is 1.14. The molecule has 0 spiro atoms. The molecule has 13 rings (SSSR count). The lowest BCUT2D eigenvalue weighted by Crippen LogP contribution is -2.31. The number of thiophene rings is 6.